The van der Waals surface area contributed by atoms with E-state index in [2.05, 4.69) is 0 Å². The molecule has 10 heteroatoms. The maximum atomic E-state index is 13.2. The van der Waals surface area contributed by atoms with Crippen LogP contribution in [0.25, 0.3) is 0 Å². The number of rotatable bonds is 15. The molecule has 0 aromatic heterocycles. The van der Waals surface area contributed by atoms with Gasteiger partial charge in [-0.1, -0.05) is 54.6 Å². The van der Waals surface area contributed by atoms with Crippen molar-refractivity contribution in [2.45, 2.75) is 50.5 Å². The Hall–Kier alpha value is -4.45. The number of esters is 1. The highest BCUT2D eigenvalue weighted by Crippen LogP contribution is 2.30. The van der Waals surface area contributed by atoms with E-state index in [1.165, 1.54) is 0 Å². The quantitative estimate of drug-likeness (QED) is 0.170. The molecule has 0 aliphatic carbocycles. The Kier molecular flexibility index (Phi) is 12.2. The van der Waals surface area contributed by atoms with Gasteiger partial charge in [0.05, 0.1) is 53.3 Å². The molecular weight excluding hydrogens is 604 g/mol. The van der Waals surface area contributed by atoms with Crippen molar-refractivity contribution in [1.29, 1.82) is 0 Å². The summed E-state index contributed by atoms with van der Waals surface area (Å²) in [6.07, 6.45) is -5.22. The summed E-state index contributed by atoms with van der Waals surface area (Å²) in [4.78, 5) is 13.2. The first kappa shape index (κ1) is 33.9. The average molecular weight is 645 g/mol. The van der Waals surface area contributed by atoms with E-state index in [1.54, 1.807) is 51.7 Å². The van der Waals surface area contributed by atoms with Gasteiger partial charge >= 0.3 is 5.97 Å². The third-order valence-corrected chi connectivity index (χ3v) is 7.77. The predicted octanol–water partition coefficient (Wildman–Crippen LogP) is 5.34. The maximum Gasteiger partial charge on any atom is 0.338 e. The number of benzene rings is 4. The van der Waals surface area contributed by atoms with Crippen LogP contribution in [-0.4, -0.2) is 69.7 Å². The van der Waals surface area contributed by atoms with Crippen molar-refractivity contribution < 1.29 is 47.8 Å². The first-order chi connectivity index (χ1) is 23.0. The molecule has 0 saturated carbocycles. The van der Waals surface area contributed by atoms with Crippen LogP contribution in [0.3, 0.4) is 0 Å². The second-order valence-corrected chi connectivity index (χ2v) is 10.9. The molecule has 4 aromatic rings. The predicted molar refractivity (Wildman–Crippen MR) is 172 cm³/mol. The first-order valence-electron chi connectivity index (χ1n) is 15.3. The highest BCUT2D eigenvalue weighted by atomic mass is 16.7. The zero-order valence-corrected chi connectivity index (χ0v) is 26.7. The lowest BCUT2D eigenvalue weighted by Gasteiger charge is -2.44. The second-order valence-electron chi connectivity index (χ2n) is 10.9. The summed E-state index contributed by atoms with van der Waals surface area (Å²) in [5, 5.41) is 11.3. The van der Waals surface area contributed by atoms with E-state index < -0.39 is 36.7 Å². The van der Waals surface area contributed by atoms with Crippen LogP contribution in [0.1, 0.15) is 27.0 Å². The van der Waals surface area contributed by atoms with Crippen molar-refractivity contribution in [3.8, 4) is 17.2 Å². The van der Waals surface area contributed by atoms with E-state index in [0.29, 0.717) is 11.3 Å². The summed E-state index contributed by atoms with van der Waals surface area (Å²) in [6.45, 7) is 0.681. The van der Waals surface area contributed by atoms with Crippen LogP contribution < -0.4 is 14.2 Å². The highest BCUT2D eigenvalue weighted by molar-refractivity contribution is 5.89. The largest absolute Gasteiger partial charge is 0.497 e. The normalized spacial score (nSPS) is 20.7. The highest BCUT2D eigenvalue weighted by Gasteiger charge is 2.49. The van der Waals surface area contributed by atoms with Gasteiger partial charge in [0, 0.05) is 0 Å². The minimum atomic E-state index is -1.51. The summed E-state index contributed by atoms with van der Waals surface area (Å²) in [5.41, 5.74) is 2.98. The van der Waals surface area contributed by atoms with Crippen molar-refractivity contribution in [3.63, 3.8) is 0 Å². The number of hydrogen-bond acceptors (Lipinski definition) is 10. The van der Waals surface area contributed by atoms with Gasteiger partial charge < -0.3 is 43.0 Å². The van der Waals surface area contributed by atoms with Gasteiger partial charge in [0.15, 0.2) is 12.4 Å². The fourth-order valence-corrected chi connectivity index (χ4v) is 5.15. The Balaban J connectivity index is 1.39. The van der Waals surface area contributed by atoms with Crippen LogP contribution in [-0.2, 0) is 43.5 Å². The molecular formula is C37H40O10. The van der Waals surface area contributed by atoms with Crippen molar-refractivity contribution >= 4 is 5.97 Å². The average Bonchev–Trinajstić information content (AvgIpc) is 3.12. The van der Waals surface area contributed by atoms with Crippen LogP contribution in [0, 0.1) is 0 Å². The molecule has 0 unspecified atom stereocenters. The van der Waals surface area contributed by atoms with E-state index in [-0.39, 0.29) is 26.4 Å². The molecule has 1 aliphatic rings. The molecule has 1 heterocycles. The Morgan fingerprint density at radius 3 is 1.57 bits per heavy atom. The second kappa shape index (κ2) is 16.9. The lowest BCUT2D eigenvalue weighted by molar-refractivity contribution is -0.306. The van der Waals surface area contributed by atoms with Gasteiger partial charge in [0.2, 0.25) is 0 Å². The Morgan fingerprint density at radius 1 is 0.617 bits per heavy atom. The SMILES string of the molecule is COc1ccc(COC[C@H]2O[C@H](O)[C@H](OC(=O)c3ccccc3)[C@@H](OCc3ccc(OC)cc3)[C@@H]2OCc2ccc(OC)cc2)cc1. The Bertz CT molecular complexity index is 1510. The molecule has 1 fully saturated rings. The third-order valence-electron chi connectivity index (χ3n) is 7.77. The zero-order chi connectivity index (χ0) is 33.0. The lowest BCUT2D eigenvalue weighted by atomic mass is 9.98. The Morgan fingerprint density at radius 2 is 1.09 bits per heavy atom. The molecule has 248 valence electrons. The number of carbonyl (C=O) groups is 1. The molecule has 10 nitrogen and oxygen atoms in total. The summed E-state index contributed by atoms with van der Waals surface area (Å²) in [6, 6.07) is 31.0. The van der Waals surface area contributed by atoms with Gasteiger partial charge in [-0.2, -0.15) is 0 Å². The van der Waals surface area contributed by atoms with Gasteiger partial charge in [-0.25, -0.2) is 4.79 Å². The summed E-state index contributed by atoms with van der Waals surface area (Å²) < 4.78 is 46.7. The van der Waals surface area contributed by atoms with Gasteiger partial charge in [-0.05, 0) is 65.2 Å². The number of methoxy groups -OCH3 is 3. The minimum Gasteiger partial charge on any atom is -0.497 e. The van der Waals surface area contributed by atoms with Crippen LogP contribution in [0.4, 0.5) is 0 Å². The molecule has 0 spiro atoms. The molecule has 0 radical (unpaired) electrons. The van der Waals surface area contributed by atoms with Crippen molar-refractivity contribution in [2.24, 2.45) is 0 Å². The van der Waals surface area contributed by atoms with E-state index in [0.717, 1.165) is 28.2 Å². The number of aliphatic hydroxyl groups excluding tert-OH is 1. The third kappa shape index (κ3) is 9.31. The molecule has 0 bridgehead atoms. The minimum absolute atomic E-state index is 0.0676. The van der Waals surface area contributed by atoms with Gasteiger partial charge in [-0.15, -0.1) is 0 Å². The van der Waals surface area contributed by atoms with E-state index in [9.17, 15) is 9.90 Å². The monoisotopic (exact) mass is 644 g/mol. The summed E-state index contributed by atoms with van der Waals surface area (Å²) >= 11 is 0. The number of hydrogen-bond donors (Lipinski definition) is 1. The summed E-state index contributed by atoms with van der Waals surface area (Å²) in [5.74, 6) is 1.54. The molecule has 4 aromatic carbocycles. The van der Waals surface area contributed by atoms with Gasteiger partial charge in [-0.3, -0.25) is 0 Å². The number of aliphatic hydroxyl groups is 1. The molecule has 0 amide bonds. The smallest absolute Gasteiger partial charge is 0.338 e. The maximum absolute atomic E-state index is 13.2. The molecule has 1 saturated heterocycles. The van der Waals surface area contributed by atoms with Gasteiger partial charge in [0.1, 0.15) is 35.6 Å². The van der Waals surface area contributed by atoms with E-state index in [4.69, 9.17) is 37.9 Å². The molecule has 5 rings (SSSR count). The van der Waals surface area contributed by atoms with Gasteiger partial charge in [0.25, 0.3) is 0 Å². The van der Waals surface area contributed by atoms with E-state index in [1.807, 2.05) is 72.8 Å². The number of carbonyl (C=O) groups excluding carboxylic acids is 1. The van der Waals surface area contributed by atoms with Crippen molar-refractivity contribution in [3.05, 3.63) is 125 Å². The van der Waals surface area contributed by atoms with Crippen molar-refractivity contribution in [1.82, 2.24) is 0 Å². The van der Waals surface area contributed by atoms with Crippen LogP contribution >= 0.6 is 0 Å². The van der Waals surface area contributed by atoms with Crippen LogP contribution in [0.5, 0.6) is 17.2 Å². The first-order valence-corrected chi connectivity index (χ1v) is 15.3. The van der Waals surface area contributed by atoms with Crippen LogP contribution in [0.15, 0.2) is 103 Å². The molecule has 5 atom stereocenters. The molecule has 1 aliphatic heterocycles. The molecule has 1 N–H and O–H groups in total. The fourth-order valence-electron chi connectivity index (χ4n) is 5.15. The lowest BCUT2D eigenvalue weighted by Crippen LogP contribution is -2.61. The fraction of sp³-hybridized carbons (Fsp3) is 0.324. The summed E-state index contributed by atoms with van der Waals surface area (Å²) in [7, 11) is 4.82. The van der Waals surface area contributed by atoms with Crippen molar-refractivity contribution in [2.75, 3.05) is 27.9 Å². The number of ether oxygens (including phenoxy) is 8. The topological polar surface area (TPSA) is 111 Å². The molecule has 47 heavy (non-hydrogen) atoms. The van der Waals surface area contributed by atoms with E-state index >= 15 is 0 Å². The Labute approximate surface area is 274 Å². The standard InChI is InChI=1S/C37H40O10/c1-40-29-15-9-25(10-16-29)21-43-24-32-33(44-22-26-11-17-30(41-2)18-12-26)34(45-23-27-13-19-31(42-3)20-14-27)35(37(39)46-32)47-36(38)28-7-5-4-6-8-28/h4-20,32-35,37,39H,21-24H2,1-3H3/t32-,33-,34+,35-,37+/m1/s1. The van der Waals surface area contributed by atoms with Crippen LogP contribution in [0.2, 0.25) is 0 Å². The zero-order valence-electron chi connectivity index (χ0n) is 26.7.